The minimum absolute atomic E-state index is 0.131. The summed E-state index contributed by atoms with van der Waals surface area (Å²) in [5, 5.41) is 4.02. The summed E-state index contributed by atoms with van der Waals surface area (Å²) >= 11 is 6.60. The maximum atomic E-state index is 13.0. The molecule has 0 bridgehead atoms. The van der Waals surface area contributed by atoms with Crippen molar-refractivity contribution in [3.63, 3.8) is 0 Å². The van der Waals surface area contributed by atoms with Crippen molar-refractivity contribution in [3.05, 3.63) is 34.3 Å². The highest BCUT2D eigenvalue weighted by Crippen LogP contribution is 2.38. The lowest BCUT2D eigenvalue weighted by atomic mass is 9.81. The zero-order valence-corrected chi connectivity index (χ0v) is 19.5. The number of piperazine rings is 1. The topological polar surface area (TPSA) is 49.4 Å². The molecule has 3 fully saturated rings. The van der Waals surface area contributed by atoms with Crippen LogP contribution in [0.2, 0.25) is 5.02 Å². The second-order valence-corrected chi connectivity index (χ2v) is 10.3. The van der Waals surface area contributed by atoms with Crippen LogP contribution in [0.5, 0.6) is 0 Å². The number of hydrogen-bond acceptors (Lipinski definition) is 3. The first-order valence-corrected chi connectivity index (χ1v) is 12.8. The van der Waals surface area contributed by atoms with E-state index in [1.54, 1.807) is 0 Å². The Labute approximate surface area is 192 Å². The summed E-state index contributed by atoms with van der Waals surface area (Å²) < 4.78 is 0. The van der Waals surface area contributed by atoms with E-state index < -0.39 is 0 Å². The van der Waals surface area contributed by atoms with Crippen molar-refractivity contribution < 1.29 is 9.59 Å². The molecule has 5 heteroatoms. The molecule has 0 radical (unpaired) electrons. The highest BCUT2D eigenvalue weighted by molar-refractivity contribution is 6.31. The summed E-state index contributed by atoms with van der Waals surface area (Å²) in [5.74, 6) is 1.89. The summed E-state index contributed by atoms with van der Waals surface area (Å²) in [6.45, 7) is 3.37. The molecule has 1 aliphatic heterocycles. The predicted molar refractivity (Wildman–Crippen MR) is 125 cm³/mol. The fraction of sp³-hybridized carbons (Fsp3) is 0.692. The summed E-state index contributed by atoms with van der Waals surface area (Å²) in [5.41, 5.74) is 2.18. The monoisotopic (exact) mass is 444 g/mol. The number of nitrogens with one attached hydrogen (secondary N) is 1. The van der Waals surface area contributed by atoms with Gasteiger partial charge in [0.25, 0.3) is 0 Å². The molecular weight excluding hydrogens is 408 g/mol. The summed E-state index contributed by atoms with van der Waals surface area (Å²) in [7, 11) is 0. The van der Waals surface area contributed by atoms with Gasteiger partial charge in [-0.25, -0.2) is 0 Å². The molecule has 4 rings (SSSR count). The van der Waals surface area contributed by atoms with Crippen LogP contribution in [-0.2, 0) is 22.4 Å². The molecule has 0 spiro atoms. The van der Waals surface area contributed by atoms with Crippen molar-refractivity contribution in [2.24, 2.45) is 17.8 Å². The predicted octanol–water partition coefficient (Wildman–Crippen LogP) is 4.81. The number of aryl methyl sites for hydroxylation is 1. The molecule has 2 atom stereocenters. The van der Waals surface area contributed by atoms with Gasteiger partial charge in [-0.15, -0.1) is 0 Å². The molecular formula is C26H37ClN2O2. The molecule has 2 aliphatic carbocycles. The highest BCUT2D eigenvalue weighted by Gasteiger charge is 2.35. The molecule has 1 aromatic carbocycles. The van der Waals surface area contributed by atoms with E-state index >= 15 is 0 Å². The maximum absolute atomic E-state index is 13.0. The third kappa shape index (κ3) is 6.10. The molecule has 170 valence electrons. The number of hydrogen-bond donors (Lipinski definition) is 1. The number of rotatable bonds is 7. The van der Waals surface area contributed by atoms with E-state index in [0.717, 1.165) is 73.9 Å². The lowest BCUT2D eigenvalue weighted by Crippen LogP contribution is -2.46. The highest BCUT2D eigenvalue weighted by atomic mass is 35.5. The van der Waals surface area contributed by atoms with E-state index in [-0.39, 0.29) is 17.7 Å². The molecule has 31 heavy (non-hydrogen) atoms. The smallest absolute Gasteiger partial charge is 0.222 e. The lowest BCUT2D eigenvalue weighted by molar-refractivity contribution is -0.131. The summed E-state index contributed by atoms with van der Waals surface area (Å²) in [6.07, 6.45) is 11.9. The average Bonchev–Trinajstić information content (AvgIpc) is 3.14. The van der Waals surface area contributed by atoms with Crippen LogP contribution in [0.4, 0.5) is 0 Å². The van der Waals surface area contributed by atoms with Crippen LogP contribution in [0, 0.1) is 17.8 Å². The Balaban J connectivity index is 1.27. The number of halogens is 1. The van der Waals surface area contributed by atoms with Crippen LogP contribution >= 0.6 is 11.6 Å². The fourth-order valence-corrected chi connectivity index (χ4v) is 6.06. The molecule has 3 aliphatic rings. The first kappa shape index (κ1) is 22.8. The Morgan fingerprint density at radius 2 is 1.77 bits per heavy atom. The van der Waals surface area contributed by atoms with Crippen molar-refractivity contribution in [2.45, 2.75) is 70.6 Å². The van der Waals surface area contributed by atoms with Gasteiger partial charge in [-0.3, -0.25) is 9.59 Å². The number of Topliss-reactive ketones (excluding diaryl/α,β-unsaturated/α-hetero) is 1. The van der Waals surface area contributed by atoms with Gasteiger partial charge >= 0.3 is 0 Å². The zero-order chi connectivity index (χ0) is 21.6. The second-order valence-electron chi connectivity index (χ2n) is 9.87. The Kier molecular flexibility index (Phi) is 8.06. The molecule has 1 amide bonds. The average molecular weight is 445 g/mol. The molecule has 1 saturated heterocycles. The van der Waals surface area contributed by atoms with Gasteiger partial charge < -0.3 is 10.2 Å². The minimum atomic E-state index is 0.131. The Morgan fingerprint density at radius 3 is 2.52 bits per heavy atom. The number of carbonyl (C=O) groups excluding carboxylic acids is 2. The third-order valence-electron chi connectivity index (χ3n) is 7.69. The molecule has 2 saturated carbocycles. The van der Waals surface area contributed by atoms with E-state index in [9.17, 15) is 9.59 Å². The first-order valence-electron chi connectivity index (χ1n) is 12.4. The summed E-state index contributed by atoms with van der Waals surface area (Å²) in [4.78, 5) is 27.3. The lowest BCUT2D eigenvalue weighted by Gasteiger charge is -2.27. The third-order valence-corrected chi connectivity index (χ3v) is 8.04. The van der Waals surface area contributed by atoms with Crippen LogP contribution in [0.1, 0.15) is 68.9 Å². The zero-order valence-electron chi connectivity index (χ0n) is 18.7. The van der Waals surface area contributed by atoms with Crippen LogP contribution in [0.3, 0.4) is 0 Å². The van der Waals surface area contributed by atoms with Crippen LogP contribution in [-0.4, -0.2) is 42.8 Å². The van der Waals surface area contributed by atoms with Gasteiger partial charge in [0.2, 0.25) is 5.91 Å². The van der Waals surface area contributed by atoms with Crippen molar-refractivity contribution in [2.75, 3.05) is 26.2 Å². The van der Waals surface area contributed by atoms with E-state index in [1.165, 1.54) is 32.1 Å². The summed E-state index contributed by atoms with van der Waals surface area (Å²) in [6, 6.07) is 6.17. The van der Waals surface area contributed by atoms with Crippen molar-refractivity contribution in [3.8, 4) is 0 Å². The molecule has 4 nitrogen and oxygen atoms in total. The number of nitrogens with zero attached hydrogens (tertiary/aromatic N) is 1. The Bertz CT molecular complexity index is 769. The van der Waals surface area contributed by atoms with Gasteiger partial charge in [-0.2, -0.15) is 0 Å². The molecule has 1 heterocycles. The van der Waals surface area contributed by atoms with Gasteiger partial charge in [-0.1, -0.05) is 55.8 Å². The maximum Gasteiger partial charge on any atom is 0.222 e. The largest absolute Gasteiger partial charge is 0.340 e. The fourth-order valence-electron chi connectivity index (χ4n) is 5.78. The van der Waals surface area contributed by atoms with E-state index in [4.69, 9.17) is 11.6 Å². The van der Waals surface area contributed by atoms with Crippen LogP contribution in [0.15, 0.2) is 18.2 Å². The van der Waals surface area contributed by atoms with Crippen molar-refractivity contribution in [1.29, 1.82) is 0 Å². The van der Waals surface area contributed by atoms with Crippen molar-refractivity contribution >= 4 is 23.3 Å². The number of benzene rings is 1. The number of amides is 1. The minimum Gasteiger partial charge on any atom is -0.340 e. The SMILES string of the molecule is O=C1C(Cc2ccc(CCC(=O)N3CCNCC3)cc2Cl)CCC1CC1CCCCC1. The van der Waals surface area contributed by atoms with E-state index in [1.807, 2.05) is 11.0 Å². The quantitative estimate of drug-likeness (QED) is 0.656. The normalized spacial score (nSPS) is 25.2. The number of carbonyl (C=O) groups is 2. The van der Waals surface area contributed by atoms with Gasteiger partial charge in [0.15, 0.2) is 0 Å². The molecule has 1 aromatic rings. The van der Waals surface area contributed by atoms with Gasteiger partial charge in [0.1, 0.15) is 5.78 Å². The number of ketones is 1. The van der Waals surface area contributed by atoms with Crippen LogP contribution < -0.4 is 5.32 Å². The van der Waals surface area contributed by atoms with Gasteiger partial charge in [0.05, 0.1) is 0 Å². The Hall–Kier alpha value is -1.39. The Morgan fingerprint density at radius 1 is 1.03 bits per heavy atom. The van der Waals surface area contributed by atoms with Crippen LogP contribution in [0.25, 0.3) is 0 Å². The molecule has 1 N–H and O–H groups in total. The molecule has 0 aromatic heterocycles. The molecule has 2 unspecified atom stereocenters. The van der Waals surface area contributed by atoms with Crippen molar-refractivity contribution in [1.82, 2.24) is 10.2 Å². The van der Waals surface area contributed by atoms with E-state index in [0.29, 0.717) is 18.6 Å². The van der Waals surface area contributed by atoms with E-state index in [2.05, 4.69) is 17.4 Å². The van der Waals surface area contributed by atoms with Gasteiger partial charge in [-0.05, 0) is 55.2 Å². The second kappa shape index (κ2) is 11.0. The standard InChI is InChI=1S/C26H37ClN2O2/c27-24-17-20(7-11-25(30)29-14-12-28-13-15-29)6-8-21(24)18-23-10-9-22(26(23)31)16-19-4-2-1-3-5-19/h6,8,17,19,22-23,28H,1-5,7,9-16,18H2. The first-order chi connectivity index (χ1) is 15.1. The van der Waals surface area contributed by atoms with Gasteiger partial charge in [0, 0.05) is 49.5 Å².